The van der Waals surface area contributed by atoms with E-state index in [2.05, 4.69) is 15.1 Å². The highest BCUT2D eigenvalue weighted by Crippen LogP contribution is 2.38. The summed E-state index contributed by atoms with van der Waals surface area (Å²) in [6.07, 6.45) is 6.51. The van der Waals surface area contributed by atoms with Gasteiger partial charge in [-0.25, -0.2) is 22.7 Å². The topological polar surface area (TPSA) is 98.6 Å². The van der Waals surface area contributed by atoms with E-state index in [1.165, 1.54) is 6.07 Å². The van der Waals surface area contributed by atoms with Crippen LogP contribution in [0.25, 0.3) is 16.8 Å². The molecule has 2 fully saturated rings. The summed E-state index contributed by atoms with van der Waals surface area (Å²) in [7, 11) is 0. The predicted molar refractivity (Wildman–Crippen MR) is 134 cm³/mol. The van der Waals surface area contributed by atoms with Crippen molar-refractivity contribution in [3.8, 4) is 11.3 Å². The molecule has 1 aliphatic heterocycles. The largest absolute Gasteiger partial charge is 0.391 e. The molecule has 2 aliphatic rings. The summed E-state index contributed by atoms with van der Waals surface area (Å²) in [6.45, 7) is 1.55. The van der Waals surface area contributed by atoms with Gasteiger partial charge < -0.3 is 15.6 Å². The third kappa shape index (κ3) is 4.26. The molecule has 1 aliphatic carbocycles. The molecule has 7 nitrogen and oxygen atoms in total. The van der Waals surface area contributed by atoms with Crippen molar-refractivity contribution < 1.29 is 23.0 Å². The van der Waals surface area contributed by atoms with Gasteiger partial charge in [-0.3, -0.25) is 4.98 Å². The summed E-state index contributed by atoms with van der Waals surface area (Å²) in [6, 6.07) is 6.90. The second-order valence-corrected chi connectivity index (χ2v) is 10.6. The molecule has 0 radical (unpaired) electrons. The molecular weight excluding hydrogens is 495 g/mol. The number of rotatable bonds is 5. The fourth-order valence-electron chi connectivity index (χ4n) is 5.69. The van der Waals surface area contributed by atoms with Crippen LogP contribution in [-0.2, 0) is 16.8 Å². The lowest BCUT2D eigenvalue weighted by molar-refractivity contribution is -0.135. The first-order valence-corrected chi connectivity index (χ1v) is 12.7. The minimum atomic E-state index is -1.88. The van der Waals surface area contributed by atoms with Crippen LogP contribution in [0.1, 0.15) is 48.2 Å². The van der Waals surface area contributed by atoms with Gasteiger partial charge in [-0.15, -0.1) is 0 Å². The van der Waals surface area contributed by atoms with Gasteiger partial charge in [0.2, 0.25) is 0 Å². The van der Waals surface area contributed by atoms with Crippen molar-refractivity contribution in [2.45, 2.75) is 49.9 Å². The standard InChI is InChI=1S/C28H28F3N5O2/c1-15-6-16(7-23(32)27(15)37)20-4-5-33-11-17(20)8-25-34-12-19-2-3-24(35-36(19)25)26-21(29)9-18(10-22(26)30)28(31)13-38-14-28/h2-5,9-12,15-16,23,27,37H,6-8,13-14,32H2,1H3/t15-,16+,23+,27-/m0/s1. The second kappa shape index (κ2) is 9.44. The maximum Gasteiger partial charge on any atom is 0.182 e. The van der Waals surface area contributed by atoms with Crippen LogP contribution in [0.4, 0.5) is 13.2 Å². The zero-order valence-corrected chi connectivity index (χ0v) is 20.8. The number of alkyl halides is 1. The maximum absolute atomic E-state index is 15.1. The van der Waals surface area contributed by atoms with E-state index < -0.39 is 23.4 Å². The van der Waals surface area contributed by atoms with Crippen molar-refractivity contribution >= 4 is 5.52 Å². The average molecular weight is 524 g/mol. The van der Waals surface area contributed by atoms with Gasteiger partial charge in [-0.1, -0.05) is 6.92 Å². The van der Waals surface area contributed by atoms with Crippen molar-refractivity contribution in [2.24, 2.45) is 11.7 Å². The number of fused-ring (bicyclic) bond motifs is 1. The number of imidazole rings is 1. The normalized spacial score (nSPS) is 24.9. The van der Waals surface area contributed by atoms with Crippen LogP contribution in [0.5, 0.6) is 0 Å². The van der Waals surface area contributed by atoms with Gasteiger partial charge in [-0.2, -0.15) is 5.10 Å². The Bertz CT molecular complexity index is 1470. The predicted octanol–water partition coefficient (Wildman–Crippen LogP) is 4.06. The number of benzene rings is 1. The highest BCUT2D eigenvalue weighted by Gasteiger charge is 2.42. The number of hydrogen-bond acceptors (Lipinski definition) is 6. The van der Waals surface area contributed by atoms with Gasteiger partial charge in [-0.05, 0) is 71.7 Å². The number of halogens is 3. The number of pyridine rings is 1. The summed E-state index contributed by atoms with van der Waals surface area (Å²) in [5.74, 6) is -0.968. The van der Waals surface area contributed by atoms with Gasteiger partial charge in [0.1, 0.15) is 17.5 Å². The van der Waals surface area contributed by atoms with Crippen LogP contribution < -0.4 is 5.73 Å². The van der Waals surface area contributed by atoms with Gasteiger partial charge in [0, 0.05) is 24.9 Å². The molecule has 1 aromatic carbocycles. The summed E-state index contributed by atoms with van der Waals surface area (Å²) < 4.78 is 51.3. The zero-order chi connectivity index (χ0) is 26.6. The third-order valence-corrected chi connectivity index (χ3v) is 7.90. The second-order valence-electron chi connectivity index (χ2n) is 10.6. The number of ether oxygens (including phenoxy) is 1. The Hall–Kier alpha value is -3.34. The molecule has 198 valence electrons. The summed E-state index contributed by atoms with van der Waals surface area (Å²) in [5, 5.41) is 14.8. The summed E-state index contributed by atoms with van der Waals surface area (Å²) in [5.41, 5.74) is 6.70. The Balaban J connectivity index is 1.34. The molecule has 4 atom stereocenters. The molecule has 0 amide bonds. The molecule has 3 N–H and O–H groups in total. The average Bonchev–Trinajstić information content (AvgIpc) is 3.27. The first-order valence-electron chi connectivity index (χ1n) is 12.7. The number of aliphatic hydroxyl groups excluding tert-OH is 1. The molecular formula is C28H28F3N5O2. The van der Waals surface area contributed by atoms with Crippen LogP contribution in [0.3, 0.4) is 0 Å². The number of aliphatic hydroxyl groups is 1. The first-order chi connectivity index (χ1) is 18.2. The smallest absolute Gasteiger partial charge is 0.182 e. The molecule has 4 aromatic rings. The van der Waals surface area contributed by atoms with E-state index in [1.807, 2.05) is 13.0 Å². The Morgan fingerprint density at radius 3 is 2.58 bits per heavy atom. The highest BCUT2D eigenvalue weighted by atomic mass is 19.1. The molecule has 1 saturated carbocycles. The quantitative estimate of drug-likeness (QED) is 0.410. The van der Waals surface area contributed by atoms with Gasteiger partial charge in [0.25, 0.3) is 0 Å². The van der Waals surface area contributed by atoms with Crippen LogP contribution >= 0.6 is 0 Å². The van der Waals surface area contributed by atoms with Crippen molar-refractivity contribution in [1.82, 2.24) is 19.6 Å². The van der Waals surface area contributed by atoms with E-state index in [9.17, 15) is 9.50 Å². The fraction of sp³-hybridized carbons (Fsp3) is 0.393. The van der Waals surface area contributed by atoms with E-state index in [0.29, 0.717) is 24.2 Å². The number of aromatic nitrogens is 4. The maximum atomic E-state index is 15.1. The van der Waals surface area contributed by atoms with E-state index in [-0.39, 0.29) is 47.9 Å². The first kappa shape index (κ1) is 25.0. The molecule has 0 spiro atoms. The van der Waals surface area contributed by atoms with Gasteiger partial charge >= 0.3 is 0 Å². The van der Waals surface area contributed by atoms with E-state index in [4.69, 9.17) is 10.5 Å². The Morgan fingerprint density at radius 2 is 1.89 bits per heavy atom. The molecule has 0 bridgehead atoms. The van der Waals surface area contributed by atoms with Crippen LogP contribution in [0.15, 0.2) is 48.9 Å². The van der Waals surface area contributed by atoms with Crippen molar-refractivity contribution in [1.29, 1.82) is 0 Å². The number of hydrogen-bond donors (Lipinski definition) is 2. The van der Waals surface area contributed by atoms with Gasteiger partial charge in [0.05, 0.1) is 42.3 Å². The molecule has 3 aromatic heterocycles. The minimum absolute atomic E-state index is 0.0709. The molecule has 0 unspecified atom stereocenters. The van der Waals surface area contributed by atoms with Crippen molar-refractivity contribution in [3.63, 3.8) is 0 Å². The lowest BCUT2D eigenvalue weighted by atomic mass is 9.74. The third-order valence-electron chi connectivity index (χ3n) is 7.90. The van der Waals surface area contributed by atoms with Crippen molar-refractivity contribution in [3.05, 3.63) is 83.1 Å². The van der Waals surface area contributed by atoms with E-state index >= 15 is 8.78 Å². The van der Waals surface area contributed by atoms with Crippen LogP contribution in [0.2, 0.25) is 0 Å². The monoisotopic (exact) mass is 523 g/mol. The molecule has 4 heterocycles. The summed E-state index contributed by atoms with van der Waals surface area (Å²) >= 11 is 0. The van der Waals surface area contributed by atoms with Crippen LogP contribution in [-0.4, -0.2) is 50.0 Å². The molecule has 38 heavy (non-hydrogen) atoms. The van der Waals surface area contributed by atoms with E-state index in [1.54, 1.807) is 29.2 Å². The SMILES string of the molecule is C[C@H]1C[C@@H](c2ccncc2Cc2ncc3ccc(-c4c(F)cc(C5(F)COC5)cc4F)nn23)C[C@@H](N)[C@H]1O. The Morgan fingerprint density at radius 1 is 1.13 bits per heavy atom. The molecule has 1 saturated heterocycles. The fourth-order valence-corrected chi connectivity index (χ4v) is 5.69. The zero-order valence-electron chi connectivity index (χ0n) is 20.8. The minimum Gasteiger partial charge on any atom is -0.391 e. The Kier molecular flexibility index (Phi) is 6.20. The van der Waals surface area contributed by atoms with E-state index in [0.717, 1.165) is 29.7 Å². The number of nitrogens with two attached hydrogens (primary N) is 1. The lowest BCUT2D eigenvalue weighted by Crippen LogP contribution is -2.44. The highest BCUT2D eigenvalue weighted by molar-refractivity contribution is 5.63. The van der Waals surface area contributed by atoms with Crippen molar-refractivity contribution in [2.75, 3.05) is 13.2 Å². The molecule has 6 rings (SSSR count). The molecule has 10 heteroatoms. The van der Waals surface area contributed by atoms with Gasteiger partial charge in [0.15, 0.2) is 5.67 Å². The number of nitrogens with zero attached hydrogens (tertiary/aromatic N) is 4. The van der Waals surface area contributed by atoms with Crippen LogP contribution in [0, 0.1) is 17.6 Å². The Labute approximate surface area is 217 Å². The summed E-state index contributed by atoms with van der Waals surface area (Å²) in [4.78, 5) is 8.83. The lowest BCUT2D eigenvalue weighted by Gasteiger charge is -2.36.